The van der Waals surface area contributed by atoms with E-state index in [2.05, 4.69) is 76.0 Å². The van der Waals surface area contributed by atoms with Crippen LogP contribution in [-0.2, 0) is 0 Å². The van der Waals surface area contributed by atoms with E-state index in [1.54, 1.807) is 0 Å². The summed E-state index contributed by atoms with van der Waals surface area (Å²) in [5.41, 5.74) is 5.22. The fourth-order valence-electron chi connectivity index (χ4n) is 2.56. The van der Waals surface area contributed by atoms with E-state index in [1.165, 1.54) is 11.1 Å². The average Bonchev–Trinajstić information content (AvgIpc) is 2.52. The van der Waals surface area contributed by atoms with Gasteiger partial charge in [-0.3, -0.25) is 0 Å². The number of halogens is 2. The van der Waals surface area contributed by atoms with Crippen LogP contribution in [0.15, 0.2) is 51.4 Å². The number of hydrogen-bond acceptors (Lipinski definition) is 1. The lowest BCUT2D eigenvalue weighted by atomic mass is 9.94. The Labute approximate surface area is 146 Å². The van der Waals surface area contributed by atoms with Crippen molar-refractivity contribution in [1.82, 2.24) is 0 Å². The number of aryl methyl sites for hydroxylation is 2. The van der Waals surface area contributed by atoms with E-state index < -0.39 is 0 Å². The molecule has 0 saturated carbocycles. The Balaban J connectivity index is 2.36. The van der Waals surface area contributed by atoms with Crippen molar-refractivity contribution in [2.24, 2.45) is 0 Å². The average molecular weight is 415 g/mol. The summed E-state index contributed by atoms with van der Waals surface area (Å²) in [5, 5.41) is 11.7. The fraction of sp³-hybridized carbons (Fsp3) is 0.105. The molecule has 1 nitrogen and oxygen atoms in total. The smallest absolute Gasteiger partial charge is 0.0998 e. The highest BCUT2D eigenvalue weighted by Crippen LogP contribution is 2.36. The molecule has 0 aliphatic rings. The van der Waals surface area contributed by atoms with E-state index >= 15 is 0 Å². The van der Waals surface area contributed by atoms with Crippen LogP contribution >= 0.6 is 31.9 Å². The van der Waals surface area contributed by atoms with Crippen LogP contribution in [-0.4, -0.2) is 0 Å². The molecule has 0 aliphatic carbocycles. The van der Waals surface area contributed by atoms with E-state index in [1.807, 2.05) is 18.2 Å². The minimum Gasteiger partial charge on any atom is -0.192 e. The molecular formula is C19H13Br2N. The monoisotopic (exact) mass is 413 g/mol. The minimum absolute atomic E-state index is 0.689. The lowest BCUT2D eigenvalue weighted by molar-refractivity contribution is 1.34. The van der Waals surface area contributed by atoms with Crippen molar-refractivity contribution in [2.75, 3.05) is 0 Å². The first-order valence-electron chi connectivity index (χ1n) is 6.90. The molecule has 0 heterocycles. The zero-order valence-electron chi connectivity index (χ0n) is 12.2. The largest absolute Gasteiger partial charge is 0.192 e. The maximum absolute atomic E-state index is 9.55. The SMILES string of the molecule is Cc1ccc(-c2cc3c(Br)ccc(Br)c3cc2C#N)cc1C. The van der Waals surface area contributed by atoms with Gasteiger partial charge in [0.05, 0.1) is 11.6 Å². The number of hydrogen-bond donors (Lipinski definition) is 0. The van der Waals surface area contributed by atoms with Crippen LogP contribution in [0, 0.1) is 25.2 Å². The Morgan fingerprint density at radius 2 is 1.45 bits per heavy atom. The van der Waals surface area contributed by atoms with Gasteiger partial charge in [-0.05, 0) is 65.6 Å². The zero-order valence-corrected chi connectivity index (χ0v) is 15.4. The molecule has 3 aromatic carbocycles. The van der Waals surface area contributed by atoms with Crippen LogP contribution in [0.2, 0.25) is 0 Å². The molecule has 0 aromatic heterocycles. The van der Waals surface area contributed by atoms with E-state index in [0.717, 1.165) is 30.8 Å². The van der Waals surface area contributed by atoms with Crippen molar-refractivity contribution < 1.29 is 0 Å². The van der Waals surface area contributed by atoms with Crippen molar-refractivity contribution in [1.29, 1.82) is 5.26 Å². The maximum Gasteiger partial charge on any atom is 0.0998 e. The second kappa shape index (κ2) is 5.87. The molecule has 3 heteroatoms. The molecule has 3 aromatic rings. The third kappa shape index (κ3) is 2.58. The first-order chi connectivity index (χ1) is 10.5. The van der Waals surface area contributed by atoms with Gasteiger partial charge in [0.1, 0.15) is 0 Å². The molecule has 0 fully saturated rings. The predicted molar refractivity (Wildman–Crippen MR) is 99.0 cm³/mol. The molecule has 108 valence electrons. The van der Waals surface area contributed by atoms with Gasteiger partial charge in [-0.1, -0.05) is 50.1 Å². The molecule has 0 bridgehead atoms. The van der Waals surface area contributed by atoms with E-state index in [-0.39, 0.29) is 0 Å². The third-order valence-corrected chi connectivity index (χ3v) is 5.37. The topological polar surface area (TPSA) is 23.8 Å². The summed E-state index contributed by atoms with van der Waals surface area (Å²) in [4.78, 5) is 0. The Hall–Kier alpha value is -1.63. The van der Waals surface area contributed by atoms with E-state index in [4.69, 9.17) is 0 Å². The second-order valence-corrected chi connectivity index (χ2v) is 7.09. The standard InChI is InChI=1S/C19H13Br2N/c1-11-3-4-13(7-12(11)2)15-9-17-16(8-14(15)10-22)18(20)5-6-19(17)21/h3-9H,1-2H3. The van der Waals surface area contributed by atoms with Gasteiger partial charge in [-0.15, -0.1) is 0 Å². The van der Waals surface area contributed by atoms with Crippen molar-refractivity contribution in [3.63, 3.8) is 0 Å². The molecule has 0 atom stereocenters. The molecule has 0 radical (unpaired) electrons. The van der Waals surface area contributed by atoms with Gasteiger partial charge in [0, 0.05) is 14.5 Å². The van der Waals surface area contributed by atoms with Crippen molar-refractivity contribution >= 4 is 42.6 Å². The summed E-state index contributed by atoms with van der Waals surface area (Å²) in [6.07, 6.45) is 0. The van der Waals surface area contributed by atoms with E-state index in [0.29, 0.717) is 5.56 Å². The minimum atomic E-state index is 0.689. The molecule has 0 saturated heterocycles. The molecule has 0 N–H and O–H groups in total. The molecule has 0 amide bonds. The Kier molecular flexibility index (Phi) is 4.08. The third-order valence-electron chi connectivity index (χ3n) is 3.99. The van der Waals surface area contributed by atoms with Gasteiger partial charge in [0.25, 0.3) is 0 Å². The summed E-state index contributed by atoms with van der Waals surface area (Å²) < 4.78 is 2.02. The molecule has 0 unspecified atom stereocenters. The van der Waals surface area contributed by atoms with E-state index in [9.17, 15) is 5.26 Å². The predicted octanol–water partition coefficient (Wildman–Crippen LogP) is 6.52. The Bertz CT molecular complexity index is 936. The van der Waals surface area contributed by atoms with Gasteiger partial charge in [-0.2, -0.15) is 5.26 Å². The second-order valence-electron chi connectivity index (χ2n) is 5.38. The Morgan fingerprint density at radius 1 is 0.818 bits per heavy atom. The van der Waals surface area contributed by atoms with Crippen LogP contribution in [0.5, 0.6) is 0 Å². The molecular weight excluding hydrogens is 402 g/mol. The van der Waals surface area contributed by atoms with Gasteiger partial charge in [0.2, 0.25) is 0 Å². The van der Waals surface area contributed by atoms with Crippen LogP contribution in [0.4, 0.5) is 0 Å². The molecule has 0 spiro atoms. The highest BCUT2D eigenvalue weighted by Gasteiger charge is 2.11. The van der Waals surface area contributed by atoms with Gasteiger partial charge >= 0.3 is 0 Å². The highest BCUT2D eigenvalue weighted by molar-refractivity contribution is 9.11. The van der Waals surface area contributed by atoms with Crippen molar-refractivity contribution in [2.45, 2.75) is 13.8 Å². The number of nitriles is 1. The van der Waals surface area contributed by atoms with Crippen molar-refractivity contribution in [3.05, 3.63) is 68.1 Å². The zero-order chi connectivity index (χ0) is 15.9. The van der Waals surface area contributed by atoms with Gasteiger partial charge in [0.15, 0.2) is 0 Å². The van der Waals surface area contributed by atoms with Crippen LogP contribution < -0.4 is 0 Å². The van der Waals surface area contributed by atoms with Gasteiger partial charge in [-0.25, -0.2) is 0 Å². The first kappa shape index (κ1) is 15.3. The van der Waals surface area contributed by atoms with Crippen molar-refractivity contribution in [3.8, 4) is 17.2 Å². The first-order valence-corrected chi connectivity index (χ1v) is 8.49. The maximum atomic E-state index is 9.55. The number of nitrogens with zero attached hydrogens (tertiary/aromatic N) is 1. The normalized spacial score (nSPS) is 10.7. The summed E-state index contributed by atoms with van der Waals surface area (Å²) in [7, 11) is 0. The summed E-state index contributed by atoms with van der Waals surface area (Å²) >= 11 is 7.17. The molecule has 3 rings (SSSR count). The number of rotatable bonds is 1. The fourth-order valence-corrected chi connectivity index (χ4v) is 3.48. The number of fused-ring (bicyclic) bond motifs is 1. The summed E-state index contributed by atoms with van der Waals surface area (Å²) in [6.45, 7) is 4.19. The Morgan fingerprint density at radius 3 is 2.05 bits per heavy atom. The molecule has 0 aliphatic heterocycles. The quantitative estimate of drug-likeness (QED) is 0.444. The highest BCUT2D eigenvalue weighted by atomic mass is 79.9. The van der Waals surface area contributed by atoms with Crippen LogP contribution in [0.25, 0.3) is 21.9 Å². The van der Waals surface area contributed by atoms with Gasteiger partial charge < -0.3 is 0 Å². The van der Waals surface area contributed by atoms with Crippen LogP contribution in [0.3, 0.4) is 0 Å². The molecule has 22 heavy (non-hydrogen) atoms. The lowest BCUT2D eigenvalue weighted by Crippen LogP contribution is -1.89. The summed E-state index contributed by atoms with van der Waals surface area (Å²) in [6, 6.07) is 16.7. The number of benzene rings is 3. The summed E-state index contributed by atoms with van der Waals surface area (Å²) in [5.74, 6) is 0. The lowest BCUT2D eigenvalue weighted by Gasteiger charge is -2.11. The van der Waals surface area contributed by atoms with Crippen LogP contribution in [0.1, 0.15) is 16.7 Å².